The van der Waals surface area contributed by atoms with Gasteiger partial charge in [0.05, 0.1) is 6.10 Å². The Morgan fingerprint density at radius 1 is 0.966 bits per heavy atom. The average Bonchev–Trinajstić information content (AvgIpc) is 3.03. The first-order valence-corrected chi connectivity index (χ1v) is 12.7. The standard InChI is InChI=1S/C28H46O/c1-18(2)19(3)7-8-20(4)24-11-12-25-23-10-9-21-17-22(29)13-15-27(21,5)26(23)14-16-28(24,25)6/h7-9,18-20,22-26,29H,10-17H2,1-6H3/b8-7-/t19-,20-,22+,23+,24-,25+,26+,27-,28-/m0/s1. The van der Waals surface area contributed by atoms with Gasteiger partial charge >= 0.3 is 0 Å². The highest BCUT2D eigenvalue weighted by atomic mass is 16.3. The smallest absolute Gasteiger partial charge is 0.0577 e. The van der Waals surface area contributed by atoms with E-state index < -0.39 is 0 Å². The predicted molar refractivity (Wildman–Crippen MR) is 124 cm³/mol. The molecule has 0 heterocycles. The van der Waals surface area contributed by atoms with E-state index in [-0.39, 0.29) is 6.10 Å². The van der Waals surface area contributed by atoms with Crippen LogP contribution in [-0.4, -0.2) is 11.2 Å². The van der Waals surface area contributed by atoms with Gasteiger partial charge in [0, 0.05) is 0 Å². The third kappa shape index (κ3) is 3.58. The lowest BCUT2D eigenvalue weighted by molar-refractivity contribution is -0.0540. The average molecular weight is 399 g/mol. The molecule has 3 saturated carbocycles. The Hall–Kier alpha value is -0.560. The molecule has 0 saturated heterocycles. The second kappa shape index (κ2) is 7.85. The number of aliphatic hydroxyl groups excluding tert-OH is 1. The Kier molecular flexibility index (Phi) is 5.86. The molecule has 3 fully saturated rings. The predicted octanol–water partition coefficient (Wildman–Crippen LogP) is 7.41. The molecule has 0 unspecified atom stereocenters. The van der Waals surface area contributed by atoms with Crippen molar-refractivity contribution in [1.29, 1.82) is 0 Å². The van der Waals surface area contributed by atoms with Crippen molar-refractivity contribution < 1.29 is 5.11 Å². The van der Waals surface area contributed by atoms with Crippen LogP contribution in [0.15, 0.2) is 23.8 Å². The summed E-state index contributed by atoms with van der Waals surface area (Å²) in [7, 11) is 0. The van der Waals surface area contributed by atoms with Gasteiger partial charge in [0.25, 0.3) is 0 Å². The fourth-order valence-electron chi connectivity index (χ4n) is 8.25. The molecule has 4 rings (SSSR count). The summed E-state index contributed by atoms with van der Waals surface area (Å²) in [6, 6.07) is 0. The second-order valence-electron chi connectivity index (χ2n) is 12.2. The van der Waals surface area contributed by atoms with E-state index in [1.54, 1.807) is 5.57 Å². The van der Waals surface area contributed by atoms with Crippen molar-refractivity contribution >= 4 is 0 Å². The van der Waals surface area contributed by atoms with Crippen molar-refractivity contribution in [3.8, 4) is 0 Å². The molecule has 0 aromatic heterocycles. The third-order valence-electron chi connectivity index (χ3n) is 10.6. The number of aliphatic hydroxyl groups is 1. The largest absolute Gasteiger partial charge is 0.393 e. The van der Waals surface area contributed by atoms with Crippen LogP contribution in [0, 0.1) is 52.3 Å². The minimum absolute atomic E-state index is 0.0866. The van der Waals surface area contributed by atoms with Gasteiger partial charge < -0.3 is 5.11 Å². The number of fused-ring (bicyclic) bond motifs is 5. The lowest BCUT2D eigenvalue weighted by Crippen LogP contribution is -2.50. The van der Waals surface area contributed by atoms with Crippen LogP contribution in [0.2, 0.25) is 0 Å². The monoisotopic (exact) mass is 398 g/mol. The summed E-state index contributed by atoms with van der Waals surface area (Å²) in [4.78, 5) is 0. The van der Waals surface area contributed by atoms with Crippen molar-refractivity contribution in [3.05, 3.63) is 23.8 Å². The van der Waals surface area contributed by atoms with Gasteiger partial charge in [-0.2, -0.15) is 0 Å². The van der Waals surface area contributed by atoms with E-state index in [9.17, 15) is 5.11 Å². The van der Waals surface area contributed by atoms with Crippen molar-refractivity contribution in [2.75, 3.05) is 0 Å². The van der Waals surface area contributed by atoms with Crippen LogP contribution in [-0.2, 0) is 0 Å². The van der Waals surface area contributed by atoms with Gasteiger partial charge in [-0.1, -0.05) is 65.3 Å². The maximum atomic E-state index is 10.2. The minimum atomic E-state index is -0.0866. The van der Waals surface area contributed by atoms with Crippen LogP contribution >= 0.6 is 0 Å². The molecule has 0 radical (unpaired) electrons. The van der Waals surface area contributed by atoms with E-state index in [0.29, 0.717) is 22.7 Å². The van der Waals surface area contributed by atoms with Crippen molar-refractivity contribution in [2.24, 2.45) is 52.3 Å². The van der Waals surface area contributed by atoms with E-state index in [1.807, 2.05) is 0 Å². The molecule has 0 aliphatic heterocycles. The van der Waals surface area contributed by atoms with Gasteiger partial charge in [0.15, 0.2) is 0 Å². The lowest BCUT2D eigenvalue weighted by Gasteiger charge is -2.58. The van der Waals surface area contributed by atoms with Gasteiger partial charge in [-0.25, -0.2) is 0 Å². The molecule has 0 aromatic carbocycles. The fourth-order valence-corrected chi connectivity index (χ4v) is 8.25. The van der Waals surface area contributed by atoms with E-state index >= 15 is 0 Å². The van der Waals surface area contributed by atoms with E-state index in [1.165, 1.54) is 38.5 Å². The molecule has 0 spiro atoms. The number of allylic oxidation sites excluding steroid dienone is 3. The van der Waals surface area contributed by atoms with Crippen LogP contribution in [0.1, 0.15) is 92.9 Å². The highest BCUT2D eigenvalue weighted by Gasteiger charge is 2.58. The van der Waals surface area contributed by atoms with Crippen LogP contribution in [0.4, 0.5) is 0 Å². The Bertz CT molecular complexity index is 659. The zero-order valence-electron chi connectivity index (χ0n) is 20.0. The summed E-state index contributed by atoms with van der Waals surface area (Å²) in [5, 5.41) is 10.2. The summed E-state index contributed by atoms with van der Waals surface area (Å²) in [5.41, 5.74) is 2.51. The molecule has 4 aliphatic carbocycles. The third-order valence-corrected chi connectivity index (χ3v) is 10.6. The SMILES string of the molecule is CC(C)[C@@H](C)/C=C\[C@H](C)[C@@H]1CC[C@@H]2[C@H]3CC=C4C[C@H](O)CC[C@]4(C)[C@@H]3CC[C@]21C. The topological polar surface area (TPSA) is 20.2 Å². The quantitative estimate of drug-likeness (QED) is 0.489. The maximum absolute atomic E-state index is 10.2. The summed E-state index contributed by atoms with van der Waals surface area (Å²) >= 11 is 0. The molecular formula is C28H46O. The van der Waals surface area contributed by atoms with Crippen molar-refractivity contribution in [1.82, 2.24) is 0 Å². The first kappa shape index (κ1) is 21.7. The van der Waals surface area contributed by atoms with Gasteiger partial charge in [-0.3, -0.25) is 0 Å². The summed E-state index contributed by atoms with van der Waals surface area (Å²) < 4.78 is 0. The second-order valence-corrected chi connectivity index (χ2v) is 12.2. The van der Waals surface area contributed by atoms with E-state index in [4.69, 9.17) is 0 Å². The summed E-state index contributed by atoms with van der Waals surface area (Å²) in [5.74, 6) is 5.63. The highest BCUT2D eigenvalue weighted by Crippen LogP contribution is 2.67. The molecule has 1 N–H and O–H groups in total. The molecule has 164 valence electrons. The minimum Gasteiger partial charge on any atom is -0.393 e. The Balaban J connectivity index is 1.53. The fraction of sp³-hybridized carbons (Fsp3) is 0.857. The van der Waals surface area contributed by atoms with Gasteiger partial charge in [-0.05, 0) is 104 Å². The zero-order valence-corrected chi connectivity index (χ0v) is 20.0. The van der Waals surface area contributed by atoms with Crippen LogP contribution in [0.5, 0.6) is 0 Å². The Morgan fingerprint density at radius 3 is 2.45 bits per heavy atom. The Morgan fingerprint density at radius 2 is 1.72 bits per heavy atom. The van der Waals surface area contributed by atoms with Gasteiger partial charge in [0.2, 0.25) is 0 Å². The summed E-state index contributed by atoms with van der Waals surface area (Å²) in [6.45, 7) is 14.7. The molecule has 0 amide bonds. The van der Waals surface area contributed by atoms with Gasteiger partial charge in [0.1, 0.15) is 0 Å². The molecule has 1 heteroatoms. The van der Waals surface area contributed by atoms with Crippen LogP contribution in [0.3, 0.4) is 0 Å². The van der Waals surface area contributed by atoms with E-state index in [0.717, 1.165) is 42.4 Å². The van der Waals surface area contributed by atoms with E-state index in [2.05, 4.69) is 59.8 Å². The molecule has 4 aliphatic rings. The molecule has 1 nitrogen and oxygen atoms in total. The lowest BCUT2D eigenvalue weighted by atomic mass is 9.47. The first-order chi connectivity index (χ1) is 13.7. The Labute approximate surface area is 180 Å². The summed E-state index contributed by atoms with van der Waals surface area (Å²) in [6.07, 6.45) is 17.7. The first-order valence-electron chi connectivity index (χ1n) is 12.7. The highest BCUT2D eigenvalue weighted by molar-refractivity contribution is 5.25. The molecule has 0 bridgehead atoms. The number of hydrogen-bond donors (Lipinski definition) is 1. The van der Waals surface area contributed by atoms with Gasteiger partial charge in [-0.15, -0.1) is 0 Å². The molecular weight excluding hydrogens is 352 g/mol. The van der Waals surface area contributed by atoms with Crippen molar-refractivity contribution in [2.45, 2.75) is 99.0 Å². The number of hydrogen-bond acceptors (Lipinski definition) is 1. The molecule has 9 atom stereocenters. The molecule has 29 heavy (non-hydrogen) atoms. The number of rotatable bonds is 4. The maximum Gasteiger partial charge on any atom is 0.0577 e. The molecule has 0 aromatic rings. The van der Waals surface area contributed by atoms with Crippen LogP contribution < -0.4 is 0 Å². The van der Waals surface area contributed by atoms with Crippen molar-refractivity contribution in [3.63, 3.8) is 0 Å². The van der Waals surface area contributed by atoms with Crippen LogP contribution in [0.25, 0.3) is 0 Å². The zero-order chi connectivity index (χ0) is 21.0. The normalized spacial score (nSPS) is 46.8.